The molecule has 0 radical (unpaired) electrons. The number of carbonyl (C=O) groups excluding carboxylic acids is 3. The lowest BCUT2D eigenvalue weighted by atomic mass is 10.0. The van der Waals surface area contributed by atoms with Gasteiger partial charge in [-0.3, -0.25) is 9.59 Å². The number of sulfonamides is 1. The van der Waals surface area contributed by atoms with Crippen molar-refractivity contribution in [3.8, 4) is 0 Å². The number of amides is 3. The number of aliphatic carboxylic acids is 1. The number of anilines is 1. The number of carboxylic acid groups (broad SMARTS) is 1. The van der Waals surface area contributed by atoms with Gasteiger partial charge in [-0.1, -0.05) is 29.8 Å². The van der Waals surface area contributed by atoms with Gasteiger partial charge in [0.25, 0.3) is 0 Å². The van der Waals surface area contributed by atoms with Crippen molar-refractivity contribution in [2.24, 2.45) is 0 Å². The highest BCUT2D eigenvalue weighted by Gasteiger charge is 2.40. The summed E-state index contributed by atoms with van der Waals surface area (Å²) in [5.74, 6) is -2.43. The maximum absolute atomic E-state index is 13.2. The van der Waals surface area contributed by atoms with Gasteiger partial charge in [-0.25, -0.2) is 18.0 Å². The number of alkyl carbamates (subject to hydrolysis) is 1. The van der Waals surface area contributed by atoms with E-state index < -0.39 is 57.6 Å². The first-order valence-corrected chi connectivity index (χ1v) is 15.0. The van der Waals surface area contributed by atoms with E-state index in [4.69, 9.17) is 4.74 Å². The minimum atomic E-state index is -3.94. The Bertz CT molecular complexity index is 1400. The van der Waals surface area contributed by atoms with E-state index in [1.807, 2.05) is 6.92 Å². The Balaban J connectivity index is 1.61. The van der Waals surface area contributed by atoms with Gasteiger partial charge in [0.05, 0.1) is 4.90 Å². The SMILES string of the molecule is Cc1ccc(S(=O)(=O)N2CCC[C@H]2C(=O)N[C@@H](Cc2ccc(NC(=O)[C@H](C)NC(=O)OC(C)(C)C)cc2)C(=O)O)cc1. The number of nitrogens with zero attached hydrogens (tertiary/aromatic N) is 1. The number of hydrogen-bond acceptors (Lipinski definition) is 7. The van der Waals surface area contributed by atoms with Gasteiger partial charge in [-0.2, -0.15) is 4.31 Å². The fourth-order valence-corrected chi connectivity index (χ4v) is 6.02. The van der Waals surface area contributed by atoms with Gasteiger partial charge in [0.2, 0.25) is 21.8 Å². The molecule has 42 heavy (non-hydrogen) atoms. The van der Waals surface area contributed by atoms with Crippen molar-refractivity contribution in [3.63, 3.8) is 0 Å². The molecule has 1 fully saturated rings. The van der Waals surface area contributed by atoms with Crippen molar-refractivity contribution >= 4 is 39.6 Å². The minimum absolute atomic E-state index is 0.0661. The lowest BCUT2D eigenvalue weighted by Gasteiger charge is -2.25. The number of carboxylic acids is 1. The number of benzene rings is 2. The molecule has 1 heterocycles. The molecule has 0 spiro atoms. The first kappa shape index (κ1) is 32.5. The molecular weight excluding hydrogens is 564 g/mol. The van der Waals surface area contributed by atoms with E-state index in [1.165, 1.54) is 19.1 Å². The maximum atomic E-state index is 13.2. The van der Waals surface area contributed by atoms with Gasteiger partial charge >= 0.3 is 12.1 Å². The van der Waals surface area contributed by atoms with Crippen LogP contribution in [0, 0.1) is 6.92 Å². The van der Waals surface area contributed by atoms with Gasteiger partial charge in [0.15, 0.2) is 0 Å². The molecule has 13 heteroatoms. The average Bonchev–Trinajstić information content (AvgIpc) is 3.39. The van der Waals surface area contributed by atoms with E-state index in [9.17, 15) is 32.7 Å². The van der Waals surface area contributed by atoms with Gasteiger partial charge in [0, 0.05) is 18.7 Å². The van der Waals surface area contributed by atoms with Crippen LogP contribution >= 0.6 is 0 Å². The third-order valence-corrected chi connectivity index (χ3v) is 8.46. The Morgan fingerprint density at radius 3 is 2.21 bits per heavy atom. The van der Waals surface area contributed by atoms with Crippen LogP contribution in [0.15, 0.2) is 53.4 Å². The highest BCUT2D eigenvalue weighted by Crippen LogP contribution is 2.26. The molecule has 4 N–H and O–H groups in total. The summed E-state index contributed by atoms with van der Waals surface area (Å²) >= 11 is 0. The van der Waals surface area contributed by atoms with E-state index in [0.29, 0.717) is 17.7 Å². The average molecular weight is 603 g/mol. The Morgan fingerprint density at radius 2 is 1.64 bits per heavy atom. The maximum Gasteiger partial charge on any atom is 0.408 e. The fraction of sp³-hybridized carbons (Fsp3) is 0.448. The zero-order valence-corrected chi connectivity index (χ0v) is 25.2. The lowest BCUT2D eigenvalue weighted by Crippen LogP contribution is -2.51. The van der Waals surface area contributed by atoms with E-state index in [-0.39, 0.29) is 24.3 Å². The Morgan fingerprint density at radius 1 is 1.02 bits per heavy atom. The number of hydrogen-bond donors (Lipinski definition) is 4. The molecule has 2 aromatic carbocycles. The van der Waals surface area contributed by atoms with Crippen molar-refractivity contribution in [3.05, 3.63) is 59.7 Å². The first-order valence-electron chi connectivity index (χ1n) is 13.6. The Labute approximate surface area is 245 Å². The Hall–Kier alpha value is -3.97. The highest BCUT2D eigenvalue weighted by molar-refractivity contribution is 7.89. The molecule has 0 aliphatic carbocycles. The molecule has 228 valence electrons. The minimum Gasteiger partial charge on any atom is -0.480 e. The van der Waals surface area contributed by atoms with Gasteiger partial charge in [-0.05, 0) is 77.3 Å². The first-order chi connectivity index (χ1) is 19.6. The second-order valence-corrected chi connectivity index (χ2v) is 13.1. The molecule has 3 amide bonds. The summed E-state index contributed by atoms with van der Waals surface area (Å²) in [5.41, 5.74) is 1.17. The second-order valence-electron chi connectivity index (χ2n) is 11.2. The molecular formula is C29H38N4O8S. The number of ether oxygens (including phenoxy) is 1. The number of rotatable bonds is 10. The summed E-state index contributed by atoms with van der Waals surface area (Å²) in [6, 6.07) is 9.48. The van der Waals surface area contributed by atoms with Crippen molar-refractivity contribution in [2.45, 2.75) is 82.5 Å². The second kappa shape index (κ2) is 13.3. The van der Waals surface area contributed by atoms with Crippen LogP contribution in [0.4, 0.5) is 10.5 Å². The topological polar surface area (TPSA) is 171 Å². The summed E-state index contributed by atoms with van der Waals surface area (Å²) in [6.45, 7) is 8.63. The normalized spacial score (nSPS) is 17.1. The van der Waals surface area contributed by atoms with Crippen LogP contribution in [0.25, 0.3) is 0 Å². The molecule has 0 unspecified atom stereocenters. The van der Waals surface area contributed by atoms with Crippen LogP contribution in [0.5, 0.6) is 0 Å². The summed E-state index contributed by atoms with van der Waals surface area (Å²) in [5, 5.41) is 17.4. The number of carbonyl (C=O) groups is 4. The fourth-order valence-electron chi connectivity index (χ4n) is 4.36. The molecule has 0 bridgehead atoms. The van der Waals surface area contributed by atoms with Crippen LogP contribution in [-0.4, -0.2) is 72.0 Å². The smallest absolute Gasteiger partial charge is 0.408 e. The van der Waals surface area contributed by atoms with Crippen LogP contribution in [0.1, 0.15) is 51.7 Å². The lowest BCUT2D eigenvalue weighted by molar-refractivity contribution is -0.142. The summed E-state index contributed by atoms with van der Waals surface area (Å²) in [7, 11) is -3.94. The summed E-state index contributed by atoms with van der Waals surface area (Å²) in [4.78, 5) is 49.6. The molecule has 1 aliphatic rings. The van der Waals surface area contributed by atoms with Gasteiger partial charge < -0.3 is 25.8 Å². The molecule has 0 saturated carbocycles. The zero-order valence-electron chi connectivity index (χ0n) is 24.3. The molecule has 3 rings (SSSR count). The summed E-state index contributed by atoms with van der Waals surface area (Å²) < 4.78 is 32.7. The predicted octanol–water partition coefficient (Wildman–Crippen LogP) is 2.81. The predicted molar refractivity (Wildman–Crippen MR) is 155 cm³/mol. The molecule has 1 aliphatic heterocycles. The quantitative estimate of drug-likeness (QED) is 0.322. The van der Waals surface area contributed by atoms with Gasteiger partial charge in [-0.15, -0.1) is 0 Å². The Kier molecular flexibility index (Phi) is 10.3. The van der Waals surface area contributed by atoms with Crippen LogP contribution in [0.3, 0.4) is 0 Å². The van der Waals surface area contributed by atoms with E-state index in [1.54, 1.807) is 57.2 Å². The summed E-state index contributed by atoms with van der Waals surface area (Å²) in [6.07, 6.45) is -0.0434. The number of nitrogens with one attached hydrogen (secondary N) is 3. The van der Waals surface area contributed by atoms with Crippen LogP contribution < -0.4 is 16.0 Å². The van der Waals surface area contributed by atoms with E-state index in [2.05, 4.69) is 16.0 Å². The third kappa shape index (κ3) is 8.76. The standard InChI is InChI=1S/C29H38N4O8S/c1-18-8-14-22(15-9-18)42(39,40)33-16-6-7-24(33)26(35)32-23(27(36)37)17-20-10-12-21(13-11-20)31-25(34)19(2)30-28(38)41-29(3,4)5/h8-15,19,23-24H,6-7,16-17H2,1-5H3,(H,30,38)(H,31,34)(H,32,35)(H,36,37)/t19-,23-,24-/m0/s1. The third-order valence-electron chi connectivity index (χ3n) is 6.54. The highest BCUT2D eigenvalue weighted by atomic mass is 32.2. The van der Waals surface area contributed by atoms with Crippen molar-refractivity contribution < 1.29 is 37.4 Å². The molecule has 3 atom stereocenters. The van der Waals surface area contributed by atoms with E-state index in [0.717, 1.165) is 9.87 Å². The van der Waals surface area contributed by atoms with Crippen molar-refractivity contribution in [1.82, 2.24) is 14.9 Å². The number of aryl methyl sites for hydroxylation is 1. The largest absolute Gasteiger partial charge is 0.480 e. The van der Waals surface area contributed by atoms with Gasteiger partial charge in [0.1, 0.15) is 23.7 Å². The van der Waals surface area contributed by atoms with Crippen molar-refractivity contribution in [1.29, 1.82) is 0 Å². The van der Waals surface area contributed by atoms with Crippen LogP contribution in [0.2, 0.25) is 0 Å². The zero-order chi connectivity index (χ0) is 31.2. The molecule has 12 nitrogen and oxygen atoms in total. The molecule has 0 aromatic heterocycles. The molecule has 2 aromatic rings. The molecule has 1 saturated heterocycles. The monoisotopic (exact) mass is 602 g/mol. The van der Waals surface area contributed by atoms with E-state index >= 15 is 0 Å². The van der Waals surface area contributed by atoms with Crippen molar-refractivity contribution in [2.75, 3.05) is 11.9 Å². The van der Waals surface area contributed by atoms with Crippen LogP contribution in [-0.2, 0) is 35.6 Å².